The molecule has 2 aliphatic rings. The van der Waals surface area contributed by atoms with Crippen molar-refractivity contribution in [2.45, 2.75) is 88.9 Å². The minimum atomic E-state index is -0.742. The van der Waals surface area contributed by atoms with E-state index in [1.807, 2.05) is 60.7 Å². The first-order valence-electron chi connectivity index (χ1n) is 19.4. The van der Waals surface area contributed by atoms with Crippen molar-refractivity contribution in [3.8, 4) is 0 Å². The maximum absolute atomic E-state index is 12.5. The van der Waals surface area contributed by atoms with E-state index in [1.54, 1.807) is 26.0 Å². The highest BCUT2D eigenvalue weighted by Crippen LogP contribution is 2.23. The second-order valence-corrected chi connectivity index (χ2v) is 14.3. The third kappa shape index (κ3) is 10.7. The molecule has 306 valence electrons. The Morgan fingerprint density at radius 1 is 0.621 bits per heavy atom. The molecule has 58 heavy (non-hydrogen) atoms. The Kier molecular flexibility index (Phi) is 13.9. The van der Waals surface area contributed by atoms with Gasteiger partial charge in [-0.25, -0.2) is 19.6 Å². The first kappa shape index (κ1) is 41.1. The fourth-order valence-electron chi connectivity index (χ4n) is 6.88. The van der Waals surface area contributed by atoms with Gasteiger partial charge in [-0.15, -0.1) is 0 Å². The average molecular weight is 797 g/mol. The van der Waals surface area contributed by atoms with Crippen LogP contribution in [0, 0.1) is 0 Å². The van der Waals surface area contributed by atoms with Crippen LogP contribution < -0.4 is 10.6 Å². The number of para-hydroxylation sites is 4. The van der Waals surface area contributed by atoms with E-state index >= 15 is 0 Å². The summed E-state index contributed by atoms with van der Waals surface area (Å²) < 4.78 is 34.1. The molecule has 4 N–H and O–H groups in total. The van der Waals surface area contributed by atoms with Gasteiger partial charge < -0.3 is 49.3 Å². The van der Waals surface area contributed by atoms with Crippen LogP contribution in [-0.4, -0.2) is 118 Å². The zero-order valence-electron chi connectivity index (χ0n) is 32.3. The van der Waals surface area contributed by atoms with Gasteiger partial charge in [0.05, 0.1) is 72.1 Å². The third-order valence-electron chi connectivity index (χ3n) is 10.1. The van der Waals surface area contributed by atoms with Crippen molar-refractivity contribution >= 4 is 34.0 Å². The van der Waals surface area contributed by atoms with Crippen LogP contribution >= 0.6 is 0 Å². The van der Waals surface area contributed by atoms with Gasteiger partial charge in [0.2, 0.25) is 0 Å². The molecule has 16 nitrogen and oxygen atoms in total. The zero-order valence-corrected chi connectivity index (χ0v) is 32.3. The number of rotatable bonds is 16. The molecule has 0 spiro atoms. The van der Waals surface area contributed by atoms with Crippen LogP contribution in [0.25, 0.3) is 22.1 Å². The molecular formula is C42H48N6O10. The van der Waals surface area contributed by atoms with E-state index < -0.39 is 48.9 Å². The quantitative estimate of drug-likeness (QED) is 0.0836. The molecule has 4 heterocycles. The second kappa shape index (κ2) is 19.6. The van der Waals surface area contributed by atoms with Crippen LogP contribution in [0.4, 0.5) is 0 Å². The smallest absolute Gasteiger partial charge is 0.358 e. The fourth-order valence-corrected chi connectivity index (χ4v) is 6.88. The predicted molar refractivity (Wildman–Crippen MR) is 209 cm³/mol. The monoisotopic (exact) mass is 796 g/mol. The number of carbonyl (C=O) groups is 2. The Morgan fingerprint density at radius 3 is 1.43 bits per heavy atom. The van der Waals surface area contributed by atoms with E-state index in [2.05, 4.69) is 30.6 Å². The molecule has 0 unspecified atom stereocenters. The number of nitrogens with zero attached hydrogens (tertiary/aromatic N) is 4. The van der Waals surface area contributed by atoms with Crippen LogP contribution in [-0.2, 0) is 41.5 Å². The Hall–Kier alpha value is -5.04. The van der Waals surface area contributed by atoms with Crippen molar-refractivity contribution in [3.63, 3.8) is 0 Å². The van der Waals surface area contributed by atoms with E-state index in [1.165, 1.54) is 12.4 Å². The third-order valence-corrected chi connectivity index (χ3v) is 10.1. The van der Waals surface area contributed by atoms with Gasteiger partial charge in [-0.3, -0.25) is 9.97 Å². The molecule has 0 saturated carbocycles. The number of aliphatic hydroxyl groups is 2. The molecule has 8 atom stereocenters. The predicted octanol–water partition coefficient (Wildman–Crippen LogP) is 3.23. The van der Waals surface area contributed by atoms with Crippen LogP contribution in [0.1, 0.15) is 58.8 Å². The van der Waals surface area contributed by atoms with Crippen molar-refractivity contribution in [2.75, 3.05) is 26.4 Å². The molecule has 0 bridgehead atoms. The molecule has 3 aromatic carbocycles. The summed E-state index contributed by atoms with van der Waals surface area (Å²) in [5.41, 5.74) is 4.89. The van der Waals surface area contributed by atoms with E-state index in [9.17, 15) is 19.8 Å². The number of ether oxygens (including phenoxy) is 6. The van der Waals surface area contributed by atoms with Gasteiger partial charge >= 0.3 is 11.9 Å². The van der Waals surface area contributed by atoms with Gasteiger partial charge in [0, 0.05) is 38.0 Å². The lowest BCUT2D eigenvalue weighted by molar-refractivity contribution is -0.227. The number of hydrogen-bond donors (Lipinski definition) is 4. The number of esters is 2. The Bertz CT molecular complexity index is 1990. The highest BCUT2D eigenvalue weighted by Gasteiger charge is 2.36. The van der Waals surface area contributed by atoms with Crippen molar-refractivity contribution in [1.29, 1.82) is 0 Å². The molecule has 0 radical (unpaired) electrons. The van der Waals surface area contributed by atoms with Gasteiger partial charge in [-0.2, -0.15) is 0 Å². The number of fused-ring (bicyclic) bond motifs is 2. The minimum absolute atomic E-state index is 0.00732. The minimum Gasteiger partial charge on any atom is -0.458 e. The van der Waals surface area contributed by atoms with E-state index in [-0.39, 0.29) is 49.9 Å². The number of benzene rings is 3. The van der Waals surface area contributed by atoms with Crippen LogP contribution in [0.15, 0.2) is 85.2 Å². The molecule has 0 aliphatic carbocycles. The Morgan fingerprint density at radius 2 is 1.02 bits per heavy atom. The first-order chi connectivity index (χ1) is 28.2. The van der Waals surface area contributed by atoms with E-state index in [4.69, 9.17) is 28.4 Å². The van der Waals surface area contributed by atoms with Gasteiger partial charge in [0.15, 0.2) is 24.0 Å². The number of hydrogen-bond acceptors (Lipinski definition) is 16. The van der Waals surface area contributed by atoms with Crippen molar-refractivity contribution in [2.24, 2.45) is 0 Å². The largest absolute Gasteiger partial charge is 0.458 e. The number of carbonyl (C=O) groups excluding carboxylic acids is 2. The standard InChI is InChI=1S/C42H48N6O10/c1-25-39(49)33(19-37(57-25)53-15-17-55-41(51)35-23-45-29-7-3-5-9-31(29)47-35)43-21-27-11-13-28(14-12-27)22-44-34-20-38(58-26(2)40(34)50)54-16-18-56-42(52)36-24-46-30-8-4-6-10-32(30)48-36/h3-14,23-26,33-34,37-40,43-44,49-50H,15-22H2,1-2H3/t25-,26-,33-,34-,37-,38-,39-,40-/m1/s1. The number of aromatic nitrogens is 4. The van der Waals surface area contributed by atoms with Crippen molar-refractivity contribution in [3.05, 3.63) is 108 Å². The molecule has 2 fully saturated rings. The lowest BCUT2D eigenvalue weighted by Gasteiger charge is -2.38. The number of aliphatic hydroxyl groups excluding tert-OH is 2. The maximum atomic E-state index is 12.5. The fraction of sp³-hybridized carbons (Fsp3) is 0.429. The molecule has 2 saturated heterocycles. The molecule has 7 rings (SSSR count). The van der Waals surface area contributed by atoms with Gasteiger partial charge in [-0.1, -0.05) is 48.5 Å². The zero-order chi connectivity index (χ0) is 40.4. The molecule has 0 amide bonds. The molecule has 2 aromatic heterocycles. The van der Waals surface area contributed by atoms with Gasteiger partial charge in [0.1, 0.15) is 13.2 Å². The molecule has 2 aliphatic heterocycles. The van der Waals surface area contributed by atoms with Gasteiger partial charge in [-0.05, 0) is 49.2 Å². The summed E-state index contributed by atoms with van der Waals surface area (Å²) in [6, 6.07) is 22.0. The summed E-state index contributed by atoms with van der Waals surface area (Å²) in [7, 11) is 0. The van der Waals surface area contributed by atoms with Crippen LogP contribution in [0.2, 0.25) is 0 Å². The lowest BCUT2D eigenvalue weighted by atomic mass is 9.98. The highest BCUT2D eigenvalue weighted by atomic mass is 16.7. The normalized spacial score (nSPS) is 24.8. The summed E-state index contributed by atoms with van der Waals surface area (Å²) in [5, 5.41) is 28.5. The Labute approximate surface area is 335 Å². The molecule has 5 aromatic rings. The van der Waals surface area contributed by atoms with Crippen LogP contribution in [0.5, 0.6) is 0 Å². The lowest BCUT2D eigenvalue weighted by Crippen LogP contribution is -2.53. The summed E-state index contributed by atoms with van der Waals surface area (Å²) in [4.78, 5) is 42.1. The average Bonchev–Trinajstić information content (AvgIpc) is 3.25. The summed E-state index contributed by atoms with van der Waals surface area (Å²) in [6.45, 7) is 4.85. The Balaban J connectivity index is 0.804. The maximum Gasteiger partial charge on any atom is 0.358 e. The topological polar surface area (TPSA) is 206 Å². The summed E-state index contributed by atoms with van der Waals surface area (Å²) >= 11 is 0. The first-order valence-corrected chi connectivity index (χ1v) is 19.4. The highest BCUT2D eigenvalue weighted by molar-refractivity contribution is 5.90. The SMILES string of the molecule is C[C@H]1O[C@@H](OCCOC(=O)c2cnc3ccccc3n2)C[C@@H](NCc2ccc(CN[C@@H]3C[C@H](OCCOC(=O)c4cnc5ccccc5n4)O[C@H](C)[C@H]3O)cc2)[C@@H]1O. The second-order valence-electron chi connectivity index (χ2n) is 14.3. The van der Waals surface area contributed by atoms with Crippen molar-refractivity contribution in [1.82, 2.24) is 30.6 Å². The van der Waals surface area contributed by atoms with Crippen LogP contribution in [0.3, 0.4) is 0 Å². The number of nitrogens with one attached hydrogen (secondary N) is 2. The van der Waals surface area contributed by atoms with Crippen molar-refractivity contribution < 1.29 is 48.2 Å². The van der Waals surface area contributed by atoms with Gasteiger partial charge in [0.25, 0.3) is 0 Å². The summed E-state index contributed by atoms with van der Waals surface area (Å²) in [5.74, 6) is -1.18. The molecule has 16 heteroatoms. The molecular weight excluding hydrogens is 748 g/mol. The van der Waals surface area contributed by atoms with E-state index in [0.717, 1.165) is 11.1 Å². The van der Waals surface area contributed by atoms with E-state index in [0.29, 0.717) is 48.0 Å². The summed E-state index contributed by atoms with van der Waals surface area (Å²) in [6.07, 6.45) is -0.0215.